The summed E-state index contributed by atoms with van der Waals surface area (Å²) < 4.78 is 5.47. The Morgan fingerprint density at radius 1 is 1.27 bits per heavy atom. The Hall–Kier alpha value is -2.08. The minimum absolute atomic E-state index is 0.227. The molecule has 0 radical (unpaired) electrons. The number of hydrogen-bond donors (Lipinski definition) is 3. The largest absolute Gasteiger partial charge is 0.494 e. The highest BCUT2D eigenvalue weighted by Crippen LogP contribution is 2.13. The molecule has 0 heterocycles. The second-order valence-corrected chi connectivity index (χ2v) is 5.35. The summed E-state index contributed by atoms with van der Waals surface area (Å²) in [6.07, 6.45) is 1.71. The summed E-state index contributed by atoms with van der Waals surface area (Å²) in [5.74, 6) is -0.865. The van der Waals surface area contributed by atoms with Crippen molar-refractivity contribution in [2.75, 3.05) is 13.2 Å². The molecule has 0 aliphatic heterocycles. The van der Waals surface area contributed by atoms with Crippen LogP contribution in [-0.2, 0) is 16.0 Å². The van der Waals surface area contributed by atoms with Gasteiger partial charge in [-0.2, -0.15) is 0 Å². The quantitative estimate of drug-likeness (QED) is 0.640. The lowest BCUT2D eigenvalue weighted by atomic mass is 10.1. The summed E-state index contributed by atoms with van der Waals surface area (Å²) >= 11 is 0. The maximum Gasteiger partial charge on any atom is 0.337 e. The molecule has 1 aromatic rings. The number of aliphatic carboxylic acids is 1. The van der Waals surface area contributed by atoms with Gasteiger partial charge in [0.05, 0.1) is 13.2 Å². The molecule has 1 atom stereocenters. The molecule has 0 saturated carbocycles. The van der Waals surface area contributed by atoms with Crippen molar-refractivity contribution in [1.29, 1.82) is 0 Å². The van der Waals surface area contributed by atoms with Gasteiger partial charge in [-0.15, -0.1) is 0 Å². The highest BCUT2D eigenvalue weighted by molar-refractivity contribution is 5.80. The van der Waals surface area contributed by atoms with Crippen molar-refractivity contribution in [3.8, 4) is 5.75 Å². The van der Waals surface area contributed by atoms with Crippen molar-refractivity contribution in [2.45, 2.75) is 38.7 Å². The summed E-state index contributed by atoms with van der Waals surface area (Å²) in [7, 11) is 0. The second-order valence-electron chi connectivity index (χ2n) is 5.35. The highest BCUT2D eigenvalue weighted by atomic mass is 16.5. The van der Waals surface area contributed by atoms with Crippen LogP contribution in [0.5, 0.6) is 5.75 Å². The Morgan fingerprint density at radius 2 is 1.91 bits per heavy atom. The molecule has 0 aromatic heterocycles. The molecule has 22 heavy (non-hydrogen) atoms. The van der Waals surface area contributed by atoms with Crippen molar-refractivity contribution in [1.82, 2.24) is 5.32 Å². The number of hydrogen-bond acceptors (Lipinski definition) is 4. The summed E-state index contributed by atoms with van der Waals surface area (Å²) in [5.41, 5.74) is -0.961. The first kappa shape index (κ1) is 18.0. The van der Waals surface area contributed by atoms with Gasteiger partial charge in [0.2, 0.25) is 5.91 Å². The third-order valence-electron chi connectivity index (χ3n) is 3.13. The summed E-state index contributed by atoms with van der Waals surface area (Å²) in [6.45, 7) is 3.54. The first-order valence-electron chi connectivity index (χ1n) is 7.29. The summed E-state index contributed by atoms with van der Waals surface area (Å²) in [4.78, 5) is 22.4. The van der Waals surface area contributed by atoms with Crippen LogP contribution in [0.4, 0.5) is 0 Å². The summed E-state index contributed by atoms with van der Waals surface area (Å²) in [5, 5.41) is 20.7. The van der Waals surface area contributed by atoms with E-state index in [0.29, 0.717) is 13.0 Å². The van der Waals surface area contributed by atoms with Crippen LogP contribution in [0.15, 0.2) is 24.3 Å². The molecule has 6 nitrogen and oxygen atoms in total. The molecule has 0 aliphatic rings. The lowest BCUT2D eigenvalue weighted by Crippen LogP contribution is -2.46. The van der Waals surface area contributed by atoms with Crippen LogP contribution >= 0.6 is 0 Å². The van der Waals surface area contributed by atoms with Crippen molar-refractivity contribution in [3.63, 3.8) is 0 Å². The fourth-order valence-electron chi connectivity index (χ4n) is 1.66. The van der Waals surface area contributed by atoms with Gasteiger partial charge in [-0.3, -0.25) is 4.79 Å². The molecule has 0 fully saturated rings. The molecular weight excluding hydrogens is 286 g/mol. The molecular formula is C16H23NO5. The van der Waals surface area contributed by atoms with Gasteiger partial charge in [-0.1, -0.05) is 19.1 Å². The van der Waals surface area contributed by atoms with Gasteiger partial charge in [0, 0.05) is 6.42 Å². The fraction of sp³-hybridized carbons (Fsp3) is 0.500. The van der Waals surface area contributed by atoms with Crippen LogP contribution in [0.25, 0.3) is 0 Å². The van der Waals surface area contributed by atoms with Crippen molar-refractivity contribution >= 4 is 11.9 Å². The van der Waals surface area contributed by atoms with E-state index in [1.54, 1.807) is 0 Å². The monoisotopic (exact) mass is 309 g/mol. The number of carboxylic acid groups (broad SMARTS) is 1. The number of rotatable bonds is 9. The average Bonchev–Trinajstić information content (AvgIpc) is 2.49. The number of aryl methyl sites for hydroxylation is 1. The molecule has 0 spiro atoms. The molecule has 0 aliphatic carbocycles. The third kappa shape index (κ3) is 6.13. The van der Waals surface area contributed by atoms with Gasteiger partial charge >= 0.3 is 5.97 Å². The smallest absolute Gasteiger partial charge is 0.337 e. The van der Waals surface area contributed by atoms with Gasteiger partial charge < -0.3 is 20.3 Å². The Balaban J connectivity index is 2.36. The Kier molecular flexibility index (Phi) is 6.85. The molecule has 1 rings (SSSR count). The predicted octanol–water partition coefficient (Wildman–Crippen LogP) is 1.36. The van der Waals surface area contributed by atoms with Crippen LogP contribution in [0.2, 0.25) is 0 Å². The lowest BCUT2D eigenvalue weighted by Gasteiger charge is -2.18. The van der Waals surface area contributed by atoms with Crippen LogP contribution < -0.4 is 10.1 Å². The van der Waals surface area contributed by atoms with E-state index < -0.39 is 11.6 Å². The number of aliphatic hydroxyl groups is 1. The zero-order chi connectivity index (χ0) is 16.6. The first-order chi connectivity index (χ1) is 10.3. The number of benzene rings is 1. The predicted molar refractivity (Wildman–Crippen MR) is 81.8 cm³/mol. The van der Waals surface area contributed by atoms with Crippen molar-refractivity contribution in [3.05, 3.63) is 29.8 Å². The first-order valence-corrected chi connectivity index (χ1v) is 7.29. The minimum atomic E-state index is -1.95. The van der Waals surface area contributed by atoms with E-state index in [9.17, 15) is 14.7 Å². The van der Waals surface area contributed by atoms with Crippen LogP contribution in [0, 0.1) is 0 Å². The van der Waals surface area contributed by atoms with Crippen molar-refractivity contribution in [2.24, 2.45) is 0 Å². The van der Waals surface area contributed by atoms with Gasteiger partial charge in [-0.25, -0.2) is 4.79 Å². The number of amides is 1. The Morgan fingerprint density at radius 3 is 2.45 bits per heavy atom. The van der Waals surface area contributed by atoms with Crippen LogP contribution in [0.3, 0.4) is 0 Å². The topological polar surface area (TPSA) is 95.9 Å². The maximum atomic E-state index is 11.7. The zero-order valence-corrected chi connectivity index (χ0v) is 13.0. The number of carbonyl (C=O) groups is 2. The zero-order valence-electron chi connectivity index (χ0n) is 13.0. The normalized spacial score (nSPS) is 13.2. The molecule has 0 bridgehead atoms. The van der Waals surface area contributed by atoms with Gasteiger partial charge in [0.15, 0.2) is 5.60 Å². The van der Waals surface area contributed by atoms with Gasteiger partial charge in [-0.05, 0) is 37.5 Å². The molecule has 1 aromatic carbocycles. The van der Waals surface area contributed by atoms with Crippen LogP contribution in [0.1, 0.15) is 32.3 Å². The molecule has 3 N–H and O–H groups in total. The average molecular weight is 309 g/mol. The number of carbonyl (C=O) groups excluding carboxylic acids is 1. The molecule has 6 heteroatoms. The van der Waals surface area contributed by atoms with E-state index in [1.807, 2.05) is 31.2 Å². The van der Waals surface area contributed by atoms with E-state index in [1.165, 1.54) is 0 Å². The van der Waals surface area contributed by atoms with Crippen molar-refractivity contribution < 1.29 is 24.5 Å². The second kappa shape index (κ2) is 8.38. The Bertz CT molecular complexity index is 496. The maximum absolute atomic E-state index is 11.7. The van der Waals surface area contributed by atoms with E-state index in [-0.39, 0.29) is 18.9 Å². The SMILES string of the molecule is CCCOc1ccc(CCC(=O)NCC(C)(O)C(=O)O)cc1. The highest BCUT2D eigenvalue weighted by Gasteiger charge is 2.30. The van der Waals surface area contributed by atoms with E-state index >= 15 is 0 Å². The standard InChI is InChI=1S/C16H23NO5/c1-3-10-22-13-7-4-12(5-8-13)6-9-14(18)17-11-16(2,21)15(19)20/h4-5,7-8,21H,3,6,9-11H2,1-2H3,(H,17,18)(H,19,20). The van der Waals surface area contributed by atoms with Gasteiger partial charge in [0.25, 0.3) is 0 Å². The van der Waals surface area contributed by atoms with E-state index in [0.717, 1.165) is 24.7 Å². The lowest BCUT2D eigenvalue weighted by molar-refractivity contribution is -0.156. The Labute approximate surface area is 130 Å². The molecule has 1 amide bonds. The third-order valence-corrected chi connectivity index (χ3v) is 3.13. The van der Waals surface area contributed by atoms with Gasteiger partial charge in [0.1, 0.15) is 5.75 Å². The fourth-order valence-corrected chi connectivity index (χ4v) is 1.66. The number of ether oxygens (including phenoxy) is 1. The number of nitrogens with one attached hydrogen (secondary N) is 1. The molecule has 1 unspecified atom stereocenters. The van der Waals surface area contributed by atoms with E-state index in [4.69, 9.17) is 9.84 Å². The van der Waals surface area contributed by atoms with Crippen LogP contribution in [-0.4, -0.2) is 40.8 Å². The minimum Gasteiger partial charge on any atom is -0.494 e. The van der Waals surface area contributed by atoms with E-state index in [2.05, 4.69) is 5.32 Å². The molecule has 122 valence electrons. The molecule has 0 saturated heterocycles. The number of carboxylic acids is 1. The summed E-state index contributed by atoms with van der Waals surface area (Å²) in [6, 6.07) is 7.51.